The Labute approximate surface area is 159 Å². The van der Waals surface area contributed by atoms with Crippen LogP contribution in [-0.4, -0.2) is 26.8 Å². The minimum absolute atomic E-state index is 0.257. The van der Waals surface area contributed by atoms with E-state index in [1.807, 2.05) is 19.1 Å². The lowest BCUT2D eigenvalue weighted by Gasteiger charge is -2.10. The first-order valence-corrected chi connectivity index (χ1v) is 8.57. The fraction of sp³-hybridized carbons (Fsp3) is 0.100. The highest BCUT2D eigenvalue weighted by Crippen LogP contribution is 2.16. The van der Waals surface area contributed by atoms with E-state index in [4.69, 9.17) is 0 Å². The van der Waals surface area contributed by atoms with E-state index in [-0.39, 0.29) is 5.56 Å². The molecule has 3 N–H and O–H groups in total. The van der Waals surface area contributed by atoms with Crippen LogP contribution in [0.1, 0.15) is 28.4 Å². The number of rotatable bonds is 5. The summed E-state index contributed by atoms with van der Waals surface area (Å²) in [7, 11) is 0. The van der Waals surface area contributed by atoms with Gasteiger partial charge in [-0.25, -0.2) is 14.8 Å². The van der Waals surface area contributed by atoms with E-state index in [1.165, 1.54) is 0 Å². The van der Waals surface area contributed by atoms with Crippen LogP contribution in [0, 0.1) is 0 Å². The molecule has 0 aliphatic rings. The number of benzene rings is 2. The Balaban J connectivity index is 1.92. The molecule has 3 rings (SSSR count). The van der Waals surface area contributed by atoms with Crippen LogP contribution in [0.4, 0.5) is 0 Å². The van der Waals surface area contributed by atoms with Crippen molar-refractivity contribution in [3.63, 3.8) is 0 Å². The summed E-state index contributed by atoms with van der Waals surface area (Å²) in [4.78, 5) is 38.3. The van der Waals surface area contributed by atoms with Crippen LogP contribution < -0.4 is 16.7 Å². The zero-order valence-electron chi connectivity index (χ0n) is 15.0. The lowest BCUT2D eigenvalue weighted by atomic mass is 10.1. The SMILES string of the molecule is CCc1ccc(-n2c(O)c(C=NNC(=O)c3ccccc3)c(=O)[nH]c2=O)cc1. The molecular formula is C20H18N4O4. The molecule has 1 aromatic heterocycles. The molecule has 1 amide bonds. The highest BCUT2D eigenvalue weighted by atomic mass is 16.3. The van der Waals surface area contributed by atoms with E-state index >= 15 is 0 Å². The Morgan fingerprint density at radius 1 is 1.14 bits per heavy atom. The van der Waals surface area contributed by atoms with Crippen LogP contribution in [0.15, 0.2) is 69.3 Å². The minimum atomic E-state index is -0.818. The molecule has 0 radical (unpaired) electrons. The lowest BCUT2D eigenvalue weighted by Crippen LogP contribution is -2.31. The summed E-state index contributed by atoms with van der Waals surface area (Å²) in [5.41, 5.74) is 2.25. The number of aromatic amines is 1. The van der Waals surface area contributed by atoms with Crippen molar-refractivity contribution in [1.82, 2.24) is 15.0 Å². The summed E-state index contributed by atoms with van der Waals surface area (Å²) in [5, 5.41) is 14.2. The minimum Gasteiger partial charge on any atom is -0.493 e. The number of carbonyl (C=O) groups is 1. The highest BCUT2D eigenvalue weighted by molar-refractivity contribution is 5.94. The molecule has 0 unspecified atom stereocenters. The molecule has 0 fully saturated rings. The Morgan fingerprint density at radius 3 is 2.46 bits per heavy atom. The van der Waals surface area contributed by atoms with E-state index in [0.717, 1.165) is 22.8 Å². The van der Waals surface area contributed by atoms with E-state index in [0.29, 0.717) is 11.3 Å². The maximum absolute atomic E-state index is 12.2. The third kappa shape index (κ3) is 3.90. The number of nitrogens with one attached hydrogen (secondary N) is 2. The Morgan fingerprint density at radius 2 is 1.82 bits per heavy atom. The number of H-pyrrole nitrogens is 1. The smallest absolute Gasteiger partial charge is 0.335 e. The van der Waals surface area contributed by atoms with Crippen molar-refractivity contribution in [3.05, 3.63) is 92.1 Å². The summed E-state index contributed by atoms with van der Waals surface area (Å²) in [6, 6.07) is 15.4. The van der Waals surface area contributed by atoms with Gasteiger partial charge in [0.2, 0.25) is 5.88 Å². The van der Waals surface area contributed by atoms with Gasteiger partial charge in [-0.2, -0.15) is 5.10 Å². The number of aryl methyl sites for hydroxylation is 1. The third-order valence-electron chi connectivity index (χ3n) is 4.12. The van der Waals surface area contributed by atoms with Crippen molar-refractivity contribution in [3.8, 4) is 11.6 Å². The third-order valence-corrected chi connectivity index (χ3v) is 4.12. The predicted molar refractivity (Wildman–Crippen MR) is 105 cm³/mol. The van der Waals surface area contributed by atoms with E-state index < -0.39 is 23.0 Å². The van der Waals surface area contributed by atoms with Crippen LogP contribution in [0.3, 0.4) is 0 Å². The molecule has 0 bridgehead atoms. The van der Waals surface area contributed by atoms with Gasteiger partial charge in [-0.15, -0.1) is 0 Å². The number of hydrogen-bond donors (Lipinski definition) is 3. The average molecular weight is 378 g/mol. The first-order chi connectivity index (χ1) is 13.5. The second-order valence-electron chi connectivity index (χ2n) is 5.92. The molecule has 1 heterocycles. The zero-order valence-corrected chi connectivity index (χ0v) is 15.0. The molecule has 0 aliphatic heterocycles. The number of aromatic nitrogens is 2. The van der Waals surface area contributed by atoms with E-state index in [2.05, 4.69) is 15.5 Å². The molecular weight excluding hydrogens is 360 g/mol. The topological polar surface area (TPSA) is 117 Å². The Bertz CT molecular complexity index is 1130. The van der Waals surface area contributed by atoms with E-state index in [1.54, 1.807) is 42.5 Å². The van der Waals surface area contributed by atoms with Crippen molar-refractivity contribution in [2.45, 2.75) is 13.3 Å². The predicted octanol–water partition coefficient (Wildman–Crippen LogP) is 1.56. The fourth-order valence-electron chi connectivity index (χ4n) is 2.58. The van der Waals surface area contributed by atoms with Gasteiger partial charge in [0, 0.05) is 5.56 Å². The van der Waals surface area contributed by atoms with Crippen LogP contribution in [-0.2, 0) is 6.42 Å². The van der Waals surface area contributed by atoms with Crippen molar-refractivity contribution in [2.75, 3.05) is 0 Å². The maximum Gasteiger partial charge on any atom is 0.335 e. The summed E-state index contributed by atoms with van der Waals surface area (Å²) < 4.78 is 0.960. The first kappa shape index (κ1) is 18.8. The monoisotopic (exact) mass is 378 g/mol. The molecule has 8 heteroatoms. The quantitative estimate of drug-likeness (QED) is 0.461. The number of aromatic hydroxyl groups is 1. The summed E-state index contributed by atoms with van der Waals surface area (Å²) in [5.74, 6) is -1.05. The van der Waals surface area contributed by atoms with Gasteiger partial charge in [-0.1, -0.05) is 37.3 Å². The Hall–Kier alpha value is -3.94. The number of nitrogens with zero attached hydrogens (tertiary/aromatic N) is 2. The van der Waals surface area contributed by atoms with Gasteiger partial charge in [0.15, 0.2) is 0 Å². The highest BCUT2D eigenvalue weighted by Gasteiger charge is 2.14. The van der Waals surface area contributed by atoms with Crippen LogP contribution in [0.2, 0.25) is 0 Å². The van der Waals surface area contributed by atoms with Gasteiger partial charge < -0.3 is 5.11 Å². The average Bonchev–Trinajstić information content (AvgIpc) is 2.71. The number of hydrogen-bond acceptors (Lipinski definition) is 5. The maximum atomic E-state index is 12.2. The van der Waals surface area contributed by atoms with Crippen molar-refractivity contribution in [2.24, 2.45) is 5.10 Å². The summed E-state index contributed by atoms with van der Waals surface area (Å²) >= 11 is 0. The lowest BCUT2D eigenvalue weighted by molar-refractivity contribution is 0.0955. The van der Waals surface area contributed by atoms with Crippen LogP contribution in [0.25, 0.3) is 5.69 Å². The number of hydrazone groups is 1. The fourth-order valence-corrected chi connectivity index (χ4v) is 2.58. The molecule has 142 valence electrons. The molecule has 28 heavy (non-hydrogen) atoms. The van der Waals surface area contributed by atoms with Gasteiger partial charge >= 0.3 is 5.69 Å². The normalized spacial score (nSPS) is 10.9. The molecule has 0 saturated carbocycles. The van der Waals surface area contributed by atoms with Crippen LogP contribution in [0.5, 0.6) is 5.88 Å². The van der Waals surface area contributed by atoms with Gasteiger partial charge in [-0.05, 0) is 36.2 Å². The van der Waals surface area contributed by atoms with Gasteiger partial charge in [0.25, 0.3) is 11.5 Å². The second kappa shape index (κ2) is 8.17. The standard InChI is InChI=1S/C20H18N4O4/c1-2-13-8-10-15(11-9-13)24-19(27)16(18(26)22-20(24)28)12-21-23-17(25)14-6-4-3-5-7-14/h3-12,27H,2H2,1H3,(H,23,25)(H,22,26,28). The largest absolute Gasteiger partial charge is 0.493 e. The molecule has 3 aromatic rings. The zero-order chi connectivity index (χ0) is 20.1. The summed E-state index contributed by atoms with van der Waals surface area (Å²) in [6.45, 7) is 2.00. The van der Waals surface area contributed by atoms with Gasteiger partial charge in [0.1, 0.15) is 5.56 Å². The Kier molecular flexibility index (Phi) is 5.50. The van der Waals surface area contributed by atoms with Gasteiger partial charge in [0.05, 0.1) is 11.9 Å². The molecule has 2 aromatic carbocycles. The summed E-state index contributed by atoms with van der Waals surface area (Å²) in [6.07, 6.45) is 1.82. The van der Waals surface area contributed by atoms with Crippen LogP contribution >= 0.6 is 0 Å². The number of amides is 1. The number of carbonyl (C=O) groups excluding carboxylic acids is 1. The molecule has 0 saturated heterocycles. The van der Waals surface area contributed by atoms with Crippen molar-refractivity contribution >= 4 is 12.1 Å². The first-order valence-electron chi connectivity index (χ1n) is 8.57. The molecule has 8 nitrogen and oxygen atoms in total. The molecule has 0 atom stereocenters. The van der Waals surface area contributed by atoms with E-state index in [9.17, 15) is 19.5 Å². The van der Waals surface area contributed by atoms with Crippen molar-refractivity contribution < 1.29 is 9.90 Å². The van der Waals surface area contributed by atoms with Gasteiger partial charge in [-0.3, -0.25) is 14.6 Å². The molecule has 0 spiro atoms. The van der Waals surface area contributed by atoms with Crippen molar-refractivity contribution in [1.29, 1.82) is 0 Å². The molecule has 0 aliphatic carbocycles. The second-order valence-corrected chi connectivity index (χ2v) is 5.92.